The molecule has 0 aromatic heterocycles. The van der Waals surface area contributed by atoms with Gasteiger partial charge in [-0.25, -0.2) is 0 Å². The molecule has 0 unspecified atom stereocenters. The molecule has 7 heteroatoms. The number of rotatable bonds is 5. The van der Waals surface area contributed by atoms with E-state index in [1.165, 1.54) is 24.3 Å². The average Bonchev–Trinajstić information content (AvgIpc) is 2.48. The van der Waals surface area contributed by atoms with Gasteiger partial charge < -0.3 is 10.0 Å². The van der Waals surface area contributed by atoms with Gasteiger partial charge in [0.25, 0.3) is 5.69 Å². The summed E-state index contributed by atoms with van der Waals surface area (Å²) in [6.45, 7) is 0.590. The Morgan fingerprint density at radius 2 is 1.68 bits per heavy atom. The van der Waals surface area contributed by atoms with Gasteiger partial charge in [0.1, 0.15) is 5.75 Å². The molecule has 114 valence electrons. The summed E-state index contributed by atoms with van der Waals surface area (Å²) in [5.41, 5.74) is 1.89. The fraction of sp³-hybridized carbons (Fsp3) is 0.200. The number of hydrogen-bond donors (Lipinski definition) is 1. The number of nitrogens with zero attached hydrogens (tertiary/aromatic N) is 4. The lowest BCUT2D eigenvalue weighted by Gasteiger charge is -2.11. The maximum Gasteiger partial charge on any atom is 0.269 e. The van der Waals surface area contributed by atoms with E-state index in [0.717, 1.165) is 5.56 Å². The van der Waals surface area contributed by atoms with Crippen molar-refractivity contribution in [2.24, 2.45) is 10.2 Å². The summed E-state index contributed by atoms with van der Waals surface area (Å²) in [6.07, 6.45) is 0. The van der Waals surface area contributed by atoms with E-state index in [0.29, 0.717) is 17.9 Å². The maximum atomic E-state index is 10.6. The van der Waals surface area contributed by atoms with E-state index in [-0.39, 0.29) is 11.4 Å². The van der Waals surface area contributed by atoms with Crippen molar-refractivity contribution in [3.8, 4) is 5.75 Å². The van der Waals surface area contributed by atoms with Crippen molar-refractivity contribution in [1.82, 2.24) is 4.90 Å². The second-order valence-corrected chi connectivity index (χ2v) is 5.02. The molecule has 0 radical (unpaired) electrons. The number of phenols is 1. The van der Waals surface area contributed by atoms with Gasteiger partial charge in [0.05, 0.1) is 16.3 Å². The van der Waals surface area contributed by atoms with Crippen molar-refractivity contribution >= 4 is 17.1 Å². The lowest BCUT2D eigenvalue weighted by molar-refractivity contribution is -0.384. The molecule has 0 atom stereocenters. The van der Waals surface area contributed by atoms with Crippen LogP contribution in [0.15, 0.2) is 52.7 Å². The van der Waals surface area contributed by atoms with Crippen molar-refractivity contribution in [2.45, 2.75) is 6.54 Å². The van der Waals surface area contributed by atoms with Crippen LogP contribution < -0.4 is 0 Å². The second-order valence-electron chi connectivity index (χ2n) is 5.02. The molecule has 0 aliphatic carbocycles. The highest BCUT2D eigenvalue weighted by Crippen LogP contribution is 2.26. The van der Waals surface area contributed by atoms with Gasteiger partial charge in [-0.1, -0.05) is 0 Å². The Hall–Kier alpha value is -2.80. The molecule has 1 N–H and O–H groups in total. The van der Waals surface area contributed by atoms with Crippen LogP contribution in [-0.4, -0.2) is 29.0 Å². The largest absolute Gasteiger partial charge is 0.508 e. The highest BCUT2D eigenvalue weighted by Gasteiger charge is 2.05. The molecule has 2 aromatic rings. The Balaban J connectivity index is 2.17. The fourth-order valence-corrected chi connectivity index (χ4v) is 1.86. The zero-order valence-electron chi connectivity index (χ0n) is 12.3. The molecule has 0 saturated heterocycles. The smallest absolute Gasteiger partial charge is 0.269 e. The molecule has 7 nitrogen and oxygen atoms in total. The Bertz CT molecular complexity index is 696. The van der Waals surface area contributed by atoms with Crippen LogP contribution in [0.1, 0.15) is 5.56 Å². The minimum Gasteiger partial charge on any atom is -0.508 e. The van der Waals surface area contributed by atoms with Crippen molar-refractivity contribution < 1.29 is 10.0 Å². The SMILES string of the molecule is CN(C)Cc1cc(N=Nc2ccc([N+](=O)[O-])cc2)ccc1O. The van der Waals surface area contributed by atoms with Crippen molar-refractivity contribution in [3.05, 3.63) is 58.1 Å². The van der Waals surface area contributed by atoms with Crippen molar-refractivity contribution in [1.29, 1.82) is 0 Å². The van der Waals surface area contributed by atoms with Gasteiger partial charge in [0.2, 0.25) is 0 Å². The first kappa shape index (κ1) is 15.6. The number of non-ortho nitro benzene ring substituents is 1. The lowest BCUT2D eigenvalue weighted by Crippen LogP contribution is -2.10. The Morgan fingerprint density at radius 1 is 1.09 bits per heavy atom. The lowest BCUT2D eigenvalue weighted by atomic mass is 10.1. The minimum atomic E-state index is -0.464. The van der Waals surface area contributed by atoms with E-state index in [1.807, 2.05) is 19.0 Å². The number of nitro benzene ring substituents is 1. The molecule has 0 heterocycles. The zero-order chi connectivity index (χ0) is 16.1. The van der Waals surface area contributed by atoms with E-state index >= 15 is 0 Å². The second kappa shape index (κ2) is 6.77. The molecule has 0 bridgehead atoms. The highest BCUT2D eigenvalue weighted by molar-refractivity contribution is 5.48. The summed E-state index contributed by atoms with van der Waals surface area (Å²) in [5, 5.41) is 28.5. The van der Waals surface area contributed by atoms with Crippen molar-refractivity contribution in [2.75, 3.05) is 14.1 Å². The fourth-order valence-electron chi connectivity index (χ4n) is 1.86. The average molecular weight is 300 g/mol. The van der Waals surface area contributed by atoms with Gasteiger partial charge in [-0.05, 0) is 44.4 Å². The van der Waals surface area contributed by atoms with Gasteiger partial charge >= 0.3 is 0 Å². The van der Waals surface area contributed by atoms with Crippen molar-refractivity contribution in [3.63, 3.8) is 0 Å². The molecular weight excluding hydrogens is 284 g/mol. The van der Waals surface area contributed by atoms with Crippen LogP contribution in [0.25, 0.3) is 0 Å². The third-order valence-corrected chi connectivity index (χ3v) is 2.89. The van der Waals surface area contributed by atoms with Crippen LogP contribution in [0, 0.1) is 10.1 Å². The monoisotopic (exact) mass is 300 g/mol. The van der Waals surface area contributed by atoms with E-state index in [2.05, 4.69) is 10.2 Å². The normalized spacial score (nSPS) is 11.2. The van der Waals surface area contributed by atoms with Gasteiger partial charge in [0.15, 0.2) is 0 Å². The molecule has 0 fully saturated rings. The molecule has 0 aliphatic heterocycles. The Morgan fingerprint density at radius 3 is 2.27 bits per heavy atom. The predicted octanol–water partition coefficient (Wildman–Crippen LogP) is 3.78. The van der Waals surface area contributed by atoms with E-state index in [1.54, 1.807) is 18.2 Å². The van der Waals surface area contributed by atoms with Gasteiger partial charge in [-0.2, -0.15) is 10.2 Å². The highest BCUT2D eigenvalue weighted by atomic mass is 16.6. The first-order valence-corrected chi connectivity index (χ1v) is 6.58. The molecule has 2 rings (SSSR count). The number of aromatic hydroxyl groups is 1. The molecule has 0 saturated carbocycles. The molecule has 0 spiro atoms. The van der Waals surface area contributed by atoms with E-state index in [4.69, 9.17) is 0 Å². The van der Waals surface area contributed by atoms with Crippen LogP contribution in [0.3, 0.4) is 0 Å². The summed E-state index contributed by atoms with van der Waals surface area (Å²) in [7, 11) is 3.81. The molecule has 2 aromatic carbocycles. The first-order chi connectivity index (χ1) is 10.5. The Labute approximate surface area is 127 Å². The third-order valence-electron chi connectivity index (χ3n) is 2.89. The number of nitro groups is 1. The first-order valence-electron chi connectivity index (χ1n) is 6.58. The molecule has 0 aliphatic rings. The predicted molar refractivity (Wildman–Crippen MR) is 82.8 cm³/mol. The molecular formula is C15H16N4O3. The minimum absolute atomic E-state index is 0.0110. The number of benzene rings is 2. The topological polar surface area (TPSA) is 91.3 Å². The van der Waals surface area contributed by atoms with Gasteiger partial charge in [0, 0.05) is 24.2 Å². The Kier molecular flexibility index (Phi) is 4.80. The summed E-state index contributed by atoms with van der Waals surface area (Å²) in [5.74, 6) is 0.211. The number of hydrogen-bond acceptors (Lipinski definition) is 6. The standard InChI is InChI=1S/C15H16N4O3/c1-18(2)10-11-9-13(5-8-15(11)20)17-16-12-3-6-14(7-4-12)19(21)22/h3-9,20H,10H2,1-2H3. The van der Waals surface area contributed by atoms with E-state index < -0.39 is 4.92 Å². The van der Waals surface area contributed by atoms with Crippen LogP contribution in [-0.2, 0) is 6.54 Å². The number of azo groups is 1. The van der Waals surface area contributed by atoms with Gasteiger partial charge in [-0.15, -0.1) is 0 Å². The maximum absolute atomic E-state index is 10.6. The summed E-state index contributed by atoms with van der Waals surface area (Å²) < 4.78 is 0. The van der Waals surface area contributed by atoms with Crippen LogP contribution >= 0.6 is 0 Å². The van der Waals surface area contributed by atoms with Crippen LogP contribution in [0.2, 0.25) is 0 Å². The molecule has 0 amide bonds. The summed E-state index contributed by atoms with van der Waals surface area (Å²) >= 11 is 0. The summed E-state index contributed by atoms with van der Waals surface area (Å²) in [6, 6.07) is 10.8. The zero-order valence-corrected chi connectivity index (χ0v) is 12.3. The van der Waals surface area contributed by atoms with Crippen LogP contribution in [0.5, 0.6) is 5.75 Å². The summed E-state index contributed by atoms with van der Waals surface area (Å²) in [4.78, 5) is 12.0. The van der Waals surface area contributed by atoms with E-state index in [9.17, 15) is 15.2 Å². The number of phenolic OH excluding ortho intramolecular Hbond substituents is 1. The van der Waals surface area contributed by atoms with Gasteiger partial charge in [-0.3, -0.25) is 10.1 Å². The third kappa shape index (κ3) is 4.10. The van der Waals surface area contributed by atoms with Crippen LogP contribution in [0.4, 0.5) is 17.1 Å². The molecule has 22 heavy (non-hydrogen) atoms. The quantitative estimate of drug-likeness (QED) is 0.516.